The maximum Gasteiger partial charge on any atom is 0.343 e. The molecule has 0 saturated heterocycles. The van der Waals surface area contributed by atoms with Crippen molar-refractivity contribution >= 4 is 30.2 Å². The Morgan fingerprint density at radius 2 is 1.75 bits per heavy atom. The zero-order chi connectivity index (χ0) is 38.5. The highest BCUT2D eigenvalue weighted by molar-refractivity contribution is 5.94. The molecule has 0 unspecified atom stereocenters. The number of halogens is 2. The van der Waals surface area contributed by atoms with Crippen LogP contribution in [0.2, 0.25) is 0 Å². The lowest BCUT2D eigenvalue weighted by molar-refractivity contribution is -0.200. The van der Waals surface area contributed by atoms with Crippen molar-refractivity contribution in [3.8, 4) is 17.1 Å². The fourth-order valence-corrected chi connectivity index (χ4v) is 5.59. The van der Waals surface area contributed by atoms with Crippen LogP contribution in [0.1, 0.15) is 57.4 Å². The van der Waals surface area contributed by atoms with Gasteiger partial charge in [-0.15, -0.1) is 0 Å². The Balaban J connectivity index is 1.47. The number of benzene rings is 3. The number of aromatic carboxylic acids is 1. The summed E-state index contributed by atoms with van der Waals surface area (Å²) in [6.45, 7) is 2.51. The van der Waals surface area contributed by atoms with E-state index in [2.05, 4.69) is 15.4 Å². The predicted molar refractivity (Wildman–Crippen MR) is 185 cm³/mol. The largest absolute Gasteiger partial charge is 0.482 e. The SMILES string of the molecule is CC[C@H]([C@@H](CCc1ccc(F)cc1F)C(=O)NCNC(=O)c1ccc(-c2cc(OCC(=O)OC)cc(C(=O)O)c2C)o1)N(C=O)OCc1ccccc1. The number of rotatable bonds is 19. The number of hydrogen-bond donors (Lipinski definition) is 3. The molecule has 1 heterocycles. The highest BCUT2D eigenvalue weighted by Crippen LogP contribution is 2.32. The number of aryl methyl sites for hydroxylation is 1. The number of carbonyl (C=O) groups is 5. The smallest absolute Gasteiger partial charge is 0.343 e. The molecule has 280 valence electrons. The lowest BCUT2D eigenvalue weighted by atomic mass is 9.89. The van der Waals surface area contributed by atoms with Crippen molar-refractivity contribution in [2.45, 2.75) is 45.8 Å². The molecule has 3 aromatic carbocycles. The molecule has 0 fully saturated rings. The van der Waals surface area contributed by atoms with E-state index in [-0.39, 0.29) is 66.5 Å². The van der Waals surface area contributed by atoms with Crippen molar-refractivity contribution in [3.63, 3.8) is 0 Å². The van der Waals surface area contributed by atoms with Gasteiger partial charge in [0.15, 0.2) is 12.4 Å². The first-order chi connectivity index (χ1) is 25.4. The summed E-state index contributed by atoms with van der Waals surface area (Å²) in [6, 6.07) is 16.9. The Bertz CT molecular complexity index is 1920. The molecule has 0 bridgehead atoms. The molecule has 3 amide bonds. The van der Waals surface area contributed by atoms with E-state index in [1.165, 1.54) is 37.4 Å². The minimum atomic E-state index is -1.25. The Morgan fingerprint density at radius 1 is 1.00 bits per heavy atom. The minimum Gasteiger partial charge on any atom is -0.482 e. The standard InChI is InChI=1S/C38H39F2N3O10/c1-4-32(43(22-44)52-19-24-8-6-5-7-9-24)28(13-11-25-10-12-26(39)16-31(25)40)36(46)41-21-42-37(47)34-15-14-33(53-34)29-17-27(51-20-35(45)50-3)18-30(23(29)2)38(48)49/h5-10,12,14-18,22,28,32H,4,11,13,19-21H2,1-3H3,(H,41,46)(H,42,47)(H,48,49)/t28-,32-/m1/s1. The first-order valence-corrected chi connectivity index (χ1v) is 16.5. The fraction of sp³-hybridized carbons (Fsp3) is 0.289. The topological polar surface area (TPSA) is 174 Å². The van der Waals surface area contributed by atoms with Gasteiger partial charge in [0.25, 0.3) is 5.91 Å². The summed E-state index contributed by atoms with van der Waals surface area (Å²) in [5.41, 5.74) is 1.44. The number of hydroxylamine groups is 2. The second kappa shape index (κ2) is 18.9. The van der Waals surface area contributed by atoms with Crippen LogP contribution in [0.3, 0.4) is 0 Å². The van der Waals surface area contributed by atoms with Crippen molar-refractivity contribution in [3.05, 3.63) is 112 Å². The Hall–Kier alpha value is -6.09. The molecule has 53 heavy (non-hydrogen) atoms. The van der Waals surface area contributed by atoms with Crippen LogP contribution in [0.15, 0.2) is 77.2 Å². The third-order valence-corrected chi connectivity index (χ3v) is 8.42. The van der Waals surface area contributed by atoms with E-state index in [4.69, 9.17) is 14.0 Å². The molecule has 13 nitrogen and oxygen atoms in total. The molecular weight excluding hydrogens is 696 g/mol. The predicted octanol–water partition coefficient (Wildman–Crippen LogP) is 5.20. The van der Waals surface area contributed by atoms with Gasteiger partial charge in [0.2, 0.25) is 12.3 Å². The average molecular weight is 736 g/mol. The molecular formula is C38H39F2N3O10. The molecule has 1 aromatic heterocycles. The molecule has 2 atom stereocenters. The van der Waals surface area contributed by atoms with Crippen molar-refractivity contribution in [2.75, 3.05) is 20.4 Å². The van der Waals surface area contributed by atoms with Crippen LogP contribution in [0.4, 0.5) is 8.78 Å². The van der Waals surface area contributed by atoms with Crippen molar-refractivity contribution in [1.29, 1.82) is 0 Å². The zero-order valence-electron chi connectivity index (χ0n) is 29.2. The van der Waals surface area contributed by atoms with Crippen LogP contribution >= 0.6 is 0 Å². The van der Waals surface area contributed by atoms with E-state index >= 15 is 0 Å². The first-order valence-electron chi connectivity index (χ1n) is 16.5. The molecule has 0 radical (unpaired) electrons. The Kier molecular flexibility index (Phi) is 14.2. The quantitative estimate of drug-likeness (QED) is 0.0503. The molecule has 0 aliphatic rings. The number of carboxylic acid groups (broad SMARTS) is 1. The van der Waals surface area contributed by atoms with Crippen LogP contribution in [0.25, 0.3) is 11.3 Å². The monoisotopic (exact) mass is 735 g/mol. The van der Waals surface area contributed by atoms with Crippen LogP contribution in [0.5, 0.6) is 5.75 Å². The number of hydrogen-bond acceptors (Lipinski definition) is 9. The first kappa shape index (κ1) is 39.7. The number of amides is 3. The Labute approximate surface area is 303 Å². The van der Waals surface area contributed by atoms with E-state index < -0.39 is 54.0 Å². The molecule has 4 rings (SSSR count). The number of ether oxygens (including phenoxy) is 2. The molecule has 0 aliphatic heterocycles. The summed E-state index contributed by atoms with van der Waals surface area (Å²) in [5, 5.41) is 15.9. The van der Waals surface area contributed by atoms with Gasteiger partial charge in [-0.25, -0.2) is 23.4 Å². The number of nitrogens with zero attached hydrogens (tertiary/aromatic N) is 1. The number of nitrogens with one attached hydrogen (secondary N) is 2. The maximum atomic E-state index is 14.5. The van der Waals surface area contributed by atoms with Crippen LogP contribution < -0.4 is 15.4 Å². The number of furan rings is 1. The van der Waals surface area contributed by atoms with Gasteiger partial charge >= 0.3 is 11.9 Å². The lowest BCUT2D eigenvalue weighted by Gasteiger charge is -2.32. The highest BCUT2D eigenvalue weighted by atomic mass is 19.1. The Morgan fingerprint density at radius 3 is 2.42 bits per heavy atom. The summed E-state index contributed by atoms with van der Waals surface area (Å²) < 4.78 is 43.7. The molecule has 4 aromatic rings. The maximum absolute atomic E-state index is 14.5. The van der Waals surface area contributed by atoms with Gasteiger partial charge in [-0.3, -0.25) is 19.2 Å². The molecule has 0 spiro atoms. The average Bonchev–Trinajstić information content (AvgIpc) is 3.65. The number of esters is 1. The minimum absolute atomic E-state index is 0.0333. The van der Waals surface area contributed by atoms with Crippen molar-refractivity contribution in [1.82, 2.24) is 15.7 Å². The van der Waals surface area contributed by atoms with Crippen LogP contribution in [-0.4, -0.2) is 66.8 Å². The molecule has 3 N–H and O–H groups in total. The molecule has 0 saturated carbocycles. The van der Waals surface area contributed by atoms with Gasteiger partial charge in [-0.2, -0.15) is 0 Å². The summed E-state index contributed by atoms with van der Waals surface area (Å²) >= 11 is 0. The van der Waals surface area contributed by atoms with Gasteiger partial charge in [0.05, 0.1) is 31.3 Å². The fourth-order valence-electron chi connectivity index (χ4n) is 5.59. The summed E-state index contributed by atoms with van der Waals surface area (Å²) in [4.78, 5) is 68.1. The normalized spacial score (nSPS) is 11.9. The lowest BCUT2D eigenvalue weighted by Crippen LogP contribution is -2.48. The highest BCUT2D eigenvalue weighted by Gasteiger charge is 2.32. The third kappa shape index (κ3) is 10.7. The van der Waals surface area contributed by atoms with E-state index in [1.807, 2.05) is 30.3 Å². The van der Waals surface area contributed by atoms with E-state index in [9.17, 15) is 37.9 Å². The number of carbonyl (C=O) groups excluding carboxylic acids is 4. The van der Waals surface area contributed by atoms with Gasteiger partial charge in [0.1, 0.15) is 29.8 Å². The van der Waals surface area contributed by atoms with Gasteiger partial charge in [-0.05, 0) is 73.2 Å². The van der Waals surface area contributed by atoms with E-state index in [1.54, 1.807) is 13.8 Å². The number of methoxy groups -OCH3 is 1. The van der Waals surface area contributed by atoms with Crippen molar-refractivity contribution < 1.29 is 56.6 Å². The number of carboxylic acids is 1. The van der Waals surface area contributed by atoms with E-state index in [0.717, 1.165) is 22.8 Å². The molecule has 15 heteroatoms. The van der Waals surface area contributed by atoms with Gasteiger partial charge in [0, 0.05) is 11.6 Å². The van der Waals surface area contributed by atoms with Gasteiger partial charge in [-0.1, -0.05) is 43.3 Å². The second-order valence-electron chi connectivity index (χ2n) is 11.8. The van der Waals surface area contributed by atoms with Crippen molar-refractivity contribution in [2.24, 2.45) is 5.92 Å². The zero-order valence-corrected chi connectivity index (χ0v) is 29.2. The molecule has 0 aliphatic carbocycles. The summed E-state index contributed by atoms with van der Waals surface area (Å²) in [7, 11) is 1.18. The summed E-state index contributed by atoms with van der Waals surface area (Å²) in [5.74, 6) is -5.66. The van der Waals surface area contributed by atoms with Crippen LogP contribution in [0, 0.1) is 24.5 Å². The van der Waals surface area contributed by atoms with Crippen LogP contribution in [-0.2, 0) is 37.0 Å². The van der Waals surface area contributed by atoms with E-state index in [0.29, 0.717) is 12.0 Å². The van der Waals surface area contributed by atoms with Gasteiger partial charge < -0.3 is 29.6 Å². The summed E-state index contributed by atoms with van der Waals surface area (Å²) in [6.07, 6.45) is 0.818. The third-order valence-electron chi connectivity index (χ3n) is 8.42. The second-order valence-corrected chi connectivity index (χ2v) is 11.8.